The Morgan fingerprint density at radius 3 is 3.00 bits per heavy atom. The molecule has 1 aromatic rings. The Bertz CT molecular complexity index is 349. The molecule has 1 aliphatic heterocycles. The highest BCUT2D eigenvalue weighted by Crippen LogP contribution is 2.15. The molecule has 2 unspecified atom stereocenters. The van der Waals surface area contributed by atoms with E-state index in [1.54, 1.807) is 7.05 Å². The van der Waals surface area contributed by atoms with Crippen molar-refractivity contribution in [3.8, 4) is 0 Å². The van der Waals surface area contributed by atoms with Crippen LogP contribution in [0.4, 0.5) is 0 Å². The minimum absolute atomic E-state index is 0.0880. The Kier molecular flexibility index (Phi) is 2.30. The van der Waals surface area contributed by atoms with Gasteiger partial charge in [0.25, 0.3) is 0 Å². The molecule has 1 aromatic heterocycles. The standard InChI is InChI=1S/C8H12N4O2/c1-12-8(10-4-11-12)7(13)5-2-14-3-6(5)9/h4-6H,2-3,9H2,1H3. The van der Waals surface area contributed by atoms with E-state index >= 15 is 0 Å². The average Bonchev–Trinajstić information content (AvgIpc) is 2.73. The lowest BCUT2D eigenvalue weighted by Crippen LogP contribution is -2.35. The van der Waals surface area contributed by atoms with E-state index in [4.69, 9.17) is 10.5 Å². The molecule has 0 spiro atoms. The van der Waals surface area contributed by atoms with E-state index < -0.39 is 0 Å². The zero-order chi connectivity index (χ0) is 10.1. The van der Waals surface area contributed by atoms with Crippen LogP contribution < -0.4 is 5.73 Å². The Morgan fingerprint density at radius 2 is 2.50 bits per heavy atom. The summed E-state index contributed by atoms with van der Waals surface area (Å²) in [5, 5.41) is 3.84. The Balaban J connectivity index is 2.20. The largest absolute Gasteiger partial charge is 0.379 e. The first-order valence-corrected chi connectivity index (χ1v) is 4.41. The quantitative estimate of drug-likeness (QED) is 0.611. The summed E-state index contributed by atoms with van der Waals surface area (Å²) in [4.78, 5) is 15.7. The fourth-order valence-corrected chi connectivity index (χ4v) is 1.53. The van der Waals surface area contributed by atoms with Gasteiger partial charge >= 0.3 is 0 Å². The van der Waals surface area contributed by atoms with Crippen LogP contribution in [0.25, 0.3) is 0 Å². The van der Waals surface area contributed by atoms with Gasteiger partial charge < -0.3 is 10.5 Å². The molecule has 1 saturated heterocycles. The molecule has 0 aliphatic carbocycles. The summed E-state index contributed by atoms with van der Waals surface area (Å²) in [6.45, 7) is 0.821. The Morgan fingerprint density at radius 1 is 1.71 bits per heavy atom. The van der Waals surface area contributed by atoms with Gasteiger partial charge in [0.2, 0.25) is 5.78 Å². The molecule has 2 N–H and O–H groups in total. The smallest absolute Gasteiger partial charge is 0.206 e. The molecule has 14 heavy (non-hydrogen) atoms. The van der Waals surface area contributed by atoms with Crippen molar-refractivity contribution in [3.63, 3.8) is 0 Å². The normalized spacial score (nSPS) is 26.7. The molecule has 0 saturated carbocycles. The first-order valence-electron chi connectivity index (χ1n) is 4.41. The first kappa shape index (κ1) is 9.29. The summed E-state index contributed by atoms with van der Waals surface area (Å²) in [6.07, 6.45) is 1.36. The highest BCUT2D eigenvalue weighted by atomic mass is 16.5. The van der Waals surface area contributed by atoms with Gasteiger partial charge in [-0.25, -0.2) is 9.67 Å². The SMILES string of the molecule is Cn1ncnc1C(=O)C1COCC1N. The summed E-state index contributed by atoms with van der Waals surface area (Å²) >= 11 is 0. The van der Waals surface area contributed by atoms with Crippen LogP contribution in [0.2, 0.25) is 0 Å². The van der Waals surface area contributed by atoms with Gasteiger partial charge in [0.1, 0.15) is 6.33 Å². The zero-order valence-corrected chi connectivity index (χ0v) is 7.88. The first-order chi connectivity index (χ1) is 6.70. The van der Waals surface area contributed by atoms with Crippen molar-refractivity contribution in [2.75, 3.05) is 13.2 Å². The molecule has 6 nitrogen and oxygen atoms in total. The maximum absolute atomic E-state index is 11.9. The van der Waals surface area contributed by atoms with Crippen LogP contribution in [0.3, 0.4) is 0 Å². The predicted octanol–water partition coefficient (Wildman–Crippen LogP) is -1.03. The molecule has 2 rings (SSSR count). The highest BCUT2D eigenvalue weighted by molar-refractivity contribution is 5.95. The molecule has 1 aliphatic rings. The molecule has 6 heteroatoms. The number of rotatable bonds is 2. The topological polar surface area (TPSA) is 83.0 Å². The van der Waals surface area contributed by atoms with Crippen LogP contribution in [-0.2, 0) is 11.8 Å². The molecule has 0 aromatic carbocycles. The molecule has 0 amide bonds. The van der Waals surface area contributed by atoms with Crippen molar-refractivity contribution in [1.29, 1.82) is 0 Å². The van der Waals surface area contributed by atoms with E-state index in [-0.39, 0.29) is 17.7 Å². The van der Waals surface area contributed by atoms with Crippen molar-refractivity contribution in [1.82, 2.24) is 14.8 Å². The Hall–Kier alpha value is -1.27. The maximum atomic E-state index is 11.9. The summed E-state index contributed by atoms with van der Waals surface area (Å²) < 4.78 is 6.58. The molecule has 0 radical (unpaired) electrons. The number of ether oxygens (including phenoxy) is 1. The van der Waals surface area contributed by atoms with Crippen molar-refractivity contribution in [2.24, 2.45) is 18.7 Å². The summed E-state index contributed by atoms with van der Waals surface area (Å²) in [5.74, 6) is -0.0242. The van der Waals surface area contributed by atoms with Crippen LogP contribution in [0, 0.1) is 5.92 Å². The number of carbonyl (C=O) groups excluding carboxylic acids is 1. The van der Waals surface area contributed by atoms with Gasteiger partial charge in [-0.2, -0.15) is 5.10 Å². The van der Waals surface area contributed by atoms with E-state index in [9.17, 15) is 4.79 Å². The van der Waals surface area contributed by atoms with Gasteiger partial charge in [-0.05, 0) is 0 Å². The number of carbonyl (C=O) groups is 1. The second-order valence-electron chi connectivity index (χ2n) is 3.38. The van der Waals surface area contributed by atoms with E-state index in [0.717, 1.165) is 0 Å². The van der Waals surface area contributed by atoms with Crippen LogP contribution in [0.1, 0.15) is 10.6 Å². The molecular weight excluding hydrogens is 184 g/mol. The van der Waals surface area contributed by atoms with Crippen molar-refractivity contribution in [3.05, 3.63) is 12.2 Å². The number of Topliss-reactive ketones (excluding diaryl/α,β-unsaturated/α-hetero) is 1. The van der Waals surface area contributed by atoms with Gasteiger partial charge in [0.15, 0.2) is 5.82 Å². The predicted molar refractivity (Wildman–Crippen MR) is 47.6 cm³/mol. The van der Waals surface area contributed by atoms with Gasteiger partial charge in [0.05, 0.1) is 19.1 Å². The fourth-order valence-electron chi connectivity index (χ4n) is 1.53. The molecule has 76 valence electrons. The Labute approximate surface area is 81.1 Å². The second kappa shape index (κ2) is 3.47. The second-order valence-corrected chi connectivity index (χ2v) is 3.38. The highest BCUT2D eigenvalue weighted by Gasteiger charge is 2.33. The van der Waals surface area contributed by atoms with Gasteiger partial charge in [-0.3, -0.25) is 4.79 Å². The third kappa shape index (κ3) is 1.42. The summed E-state index contributed by atoms with van der Waals surface area (Å²) in [6, 6.07) is -0.223. The van der Waals surface area contributed by atoms with Crippen LogP contribution in [0.15, 0.2) is 6.33 Å². The monoisotopic (exact) mass is 196 g/mol. The molecule has 0 bridgehead atoms. The van der Waals surface area contributed by atoms with Gasteiger partial charge in [0, 0.05) is 13.1 Å². The molecular formula is C8H12N4O2. The third-order valence-electron chi connectivity index (χ3n) is 2.39. The molecule has 1 fully saturated rings. The number of ketones is 1. The van der Waals surface area contributed by atoms with Crippen molar-refractivity contribution < 1.29 is 9.53 Å². The van der Waals surface area contributed by atoms with E-state index in [0.29, 0.717) is 19.0 Å². The zero-order valence-electron chi connectivity index (χ0n) is 7.88. The number of nitrogens with zero attached hydrogens (tertiary/aromatic N) is 3. The van der Waals surface area contributed by atoms with E-state index in [2.05, 4.69) is 10.1 Å². The third-order valence-corrected chi connectivity index (χ3v) is 2.39. The minimum Gasteiger partial charge on any atom is -0.379 e. The average molecular weight is 196 g/mol. The van der Waals surface area contributed by atoms with E-state index in [1.807, 2.05) is 0 Å². The van der Waals surface area contributed by atoms with Crippen LogP contribution in [-0.4, -0.2) is 39.8 Å². The molecule has 2 atom stereocenters. The lowest BCUT2D eigenvalue weighted by atomic mass is 9.99. The number of aryl methyl sites for hydroxylation is 1. The lowest BCUT2D eigenvalue weighted by molar-refractivity contribution is 0.0881. The van der Waals surface area contributed by atoms with E-state index in [1.165, 1.54) is 11.0 Å². The van der Waals surface area contributed by atoms with Crippen LogP contribution in [0.5, 0.6) is 0 Å². The summed E-state index contributed by atoms with van der Waals surface area (Å²) in [5.41, 5.74) is 5.73. The van der Waals surface area contributed by atoms with Crippen molar-refractivity contribution in [2.45, 2.75) is 6.04 Å². The number of nitrogens with two attached hydrogens (primary N) is 1. The minimum atomic E-state index is -0.280. The number of hydrogen-bond donors (Lipinski definition) is 1. The van der Waals surface area contributed by atoms with Crippen LogP contribution >= 0.6 is 0 Å². The summed E-state index contributed by atoms with van der Waals surface area (Å²) in [7, 11) is 1.68. The number of hydrogen-bond acceptors (Lipinski definition) is 5. The maximum Gasteiger partial charge on any atom is 0.206 e. The van der Waals surface area contributed by atoms with Gasteiger partial charge in [-0.1, -0.05) is 0 Å². The lowest BCUT2D eigenvalue weighted by Gasteiger charge is -2.10. The van der Waals surface area contributed by atoms with Crippen molar-refractivity contribution >= 4 is 5.78 Å². The molecule has 2 heterocycles. The number of aromatic nitrogens is 3. The van der Waals surface area contributed by atoms with Gasteiger partial charge in [-0.15, -0.1) is 0 Å². The fraction of sp³-hybridized carbons (Fsp3) is 0.625.